The van der Waals surface area contributed by atoms with Crippen LogP contribution >= 0.6 is 0 Å². The number of hydrogen-bond donors (Lipinski definition) is 0. The number of carbonyl (C=O) groups excluding carboxylic acids is 1. The number of carbonyl (C=O) groups is 1. The van der Waals surface area contributed by atoms with Gasteiger partial charge in [0.1, 0.15) is 12.4 Å². The minimum absolute atomic E-state index is 0. The molecule has 0 atom stereocenters. The minimum Gasteiger partial charge on any atom is -0.546 e. The van der Waals surface area contributed by atoms with Crippen LogP contribution in [0.15, 0.2) is 24.5 Å². The van der Waals surface area contributed by atoms with Crippen molar-refractivity contribution in [2.45, 2.75) is 0 Å². The number of ether oxygens (including phenoxy) is 1. The molecule has 0 saturated carbocycles. The molecular formula is C7H6NNaO3. The molecule has 0 radical (unpaired) electrons. The van der Waals surface area contributed by atoms with Crippen LogP contribution in [0.4, 0.5) is 0 Å². The number of aromatic nitrogens is 1. The smallest absolute Gasteiger partial charge is 0.546 e. The van der Waals surface area contributed by atoms with Gasteiger partial charge in [-0.1, -0.05) is 0 Å². The Morgan fingerprint density at radius 3 is 2.92 bits per heavy atom. The van der Waals surface area contributed by atoms with Crippen molar-refractivity contribution >= 4 is 5.97 Å². The predicted molar refractivity (Wildman–Crippen MR) is 34.7 cm³/mol. The maximum Gasteiger partial charge on any atom is 1.00 e. The maximum absolute atomic E-state index is 9.92. The van der Waals surface area contributed by atoms with Crippen molar-refractivity contribution in [2.24, 2.45) is 0 Å². The van der Waals surface area contributed by atoms with E-state index in [1.807, 2.05) is 0 Å². The van der Waals surface area contributed by atoms with E-state index in [0.717, 1.165) is 0 Å². The van der Waals surface area contributed by atoms with E-state index in [0.29, 0.717) is 5.75 Å². The summed E-state index contributed by atoms with van der Waals surface area (Å²) in [4.78, 5) is 13.6. The van der Waals surface area contributed by atoms with Gasteiger partial charge in [0.2, 0.25) is 0 Å². The molecule has 4 nitrogen and oxygen atoms in total. The van der Waals surface area contributed by atoms with Crippen LogP contribution in [0.1, 0.15) is 0 Å². The number of hydrogen-bond acceptors (Lipinski definition) is 4. The molecule has 0 aromatic carbocycles. The quantitative estimate of drug-likeness (QED) is 0.442. The molecule has 1 aromatic rings. The van der Waals surface area contributed by atoms with Crippen LogP contribution < -0.4 is 39.4 Å². The van der Waals surface area contributed by atoms with Crippen LogP contribution in [0.25, 0.3) is 0 Å². The van der Waals surface area contributed by atoms with E-state index in [4.69, 9.17) is 4.74 Å². The van der Waals surface area contributed by atoms with Crippen LogP contribution in [0.3, 0.4) is 0 Å². The Balaban J connectivity index is 0.00000121. The van der Waals surface area contributed by atoms with E-state index in [9.17, 15) is 9.90 Å². The molecule has 0 bridgehead atoms. The second-order valence-corrected chi connectivity index (χ2v) is 1.85. The van der Waals surface area contributed by atoms with Crippen LogP contribution in [0.5, 0.6) is 5.75 Å². The molecule has 0 amide bonds. The van der Waals surface area contributed by atoms with Gasteiger partial charge in [-0.3, -0.25) is 4.98 Å². The molecular weight excluding hydrogens is 169 g/mol. The summed E-state index contributed by atoms with van der Waals surface area (Å²) in [6, 6.07) is 3.28. The summed E-state index contributed by atoms with van der Waals surface area (Å²) >= 11 is 0. The van der Waals surface area contributed by atoms with Crippen molar-refractivity contribution in [3.8, 4) is 5.75 Å². The summed E-state index contributed by atoms with van der Waals surface area (Å²) in [5.74, 6) is -0.814. The average molecular weight is 175 g/mol. The Morgan fingerprint density at radius 2 is 2.42 bits per heavy atom. The Hall–Kier alpha value is -0.580. The number of carboxylic acid groups (broad SMARTS) is 1. The fourth-order valence-corrected chi connectivity index (χ4v) is 0.575. The van der Waals surface area contributed by atoms with E-state index >= 15 is 0 Å². The van der Waals surface area contributed by atoms with Crippen LogP contribution in [0, 0.1) is 0 Å². The molecule has 12 heavy (non-hydrogen) atoms. The molecule has 5 heteroatoms. The first kappa shape index (κ1) is 11.4. The van der Waals surface area contributed by atoms with Crippen LogP contribution in [-0.4, -0.2) is 17.6 Å². The maximum atomic E-state index is 9.92. The molecule has 0 aliphatic heterocycles. The van der Waals surface area contributed by atoms with Crippen molar-refractivity contribution in [3.63, 3.8) is 0 Å². The largest absolute Gasteiger partial charge is 1.00 e. The molecule has 1 aromatic heterocycles. The van der Waals surface area contributed by atoms with Crippen LogP contribution in [-0.2, 0) is 4.79 Å². The molecule has 0 fully saturated rings. The monoisotopic (exact) mass is 175 g/mol. The van der Waals surface area contributed by atoms with Crippen molar-refractivity contribution in [1.82, 2.24) is 4.98 Å². The van der Waals surface area contributed by atoms with E-state index in [2.05, 4.69) is 4.98 Å². The van der Waals surface area contributed by atoms with E-state index in [-0.39, 0.29) is 29.6 Å². The third-order valence-electron chi connectivity index (χ3n) is 0.991. The van der Waals surface area contributed by atoms with Gasteiger partial charge < -0.3 is 14.6 Å². The Kier molecular flexibility index (Phi) is 5.70. The standard InChI is InChI=1S/C7H7NO3.Na/c9-7(10)5-11-6-2-1-3-8-4-6;/h1-4H,5H2,(H,9,10);/q;+1/p-1. The first-order valence-electron chi connectivity index (χ1n) is 3.02. The summed E-state index contributed by atoms with van der Waals surface area (Å²) < 4.78 is 4.74. The summed E-state index contributed by atoms with van der Waals surface area (Å²) in [7, 11) is 0. The minimum atomic E-state index is -1.24. The molecule has 0 spiro atoms. The first-order chi connectivity index (χ1) is 5.29. The van der Waals surface area contributed by atoms with E-state index in [1.54, 1.807) is 18.3 Å². The zero-order chi connectivity index (χ0) is 8.10. The molecule has 1 heterocycles. The normalized spacial score (nSPS) is 8.33. The second kappa shape index (κ2) is 5.99. The van der Waals surface area contributed by atoms with Crippen molar-refractivity contribution in [1.29, 1.82) is 0 Å². The third kappa shape index (κ3) is 4.33. The van der Waals surface area contributed by atoms with Gasteiger partial charge in [-0.25, -0.2) is 0 Å². The summed E-state index contributed by atoms with van der Waals surface area (Å²) in [6.07, 6.45) is 3.01. The number of carboxylic acids is 1. The molecule has 0 N–H and O–H groups in total. The molecule has 1 rings (SSSR count). The fraction of sp³-hybridized carbons (Fsp3) is 0.143. The van der Waals surface area contributed by atoms with Gasteiger partial charge in [0.05, 0.1) is 12.2 Å². The SMILES string of the molecule is O=C([O-])COc1cccnc1.[Na+]. The fourth-order valence-electron chi connectivity index (χ4n) is 0.575. The number of rotatable bonds is 3. The van der Waals surface area contributed by atoms with Crippen molar-refractivity contribution in [3.05, 3.63) is 24.5 Å². The summed E-state index contributed by atoms with van der Waals surface area (Å²) in [5, 5.41) is 9.92. The van der Waals surface area contributed by atoms with Crippen LogP contribution in [0.2, 0.25) is 0 Å². The zero-order valence-corrected chi connectivity index (χ0v) is 8.69. The third-order valence-corrected chi connectivity index (χ3v) is 0.991. The number of pyridine rings is 1. The molecule has 0 aliphatic rings. The van der Waals surface area contributed by atoms with Gasteiger partial charge in [-0.2, -0.15) is 0 Å². The van der Waals surface area contributed by atoms with Gasteiger partial charge >= 0.3 is 29.6 Å². The van der Waals surface area contributed by atoms with Gasteiger partial charge in [0, 0.05) is 6.20 Å². The molecule has 0 aliphatic carbocycles. The first-order valence-corrected chi connectivity index (χ1v) is 3.02. The van der Waals surface area contributed by atoms with Gasteiger partial charge in [0.15, 0.2) is 0 Å². The molecule has 58 valence electrons. The van der Waals surface area contributed by atoms with Gasteiger partial charge in [0.25, 0.3) is 0 Å². The molecule has 0 saturated heterocycles. The predicted octanol–water partition coefficient (Wildman–Crippen LogP) is -3.79. The summed E-state index contributed by atoms with van der Waals surface area (Å²) in [6.45, 7) is -0.439. The van der Waals surface area contributed by atoms with E-state index in [1.165, 1.54) is 6.20 Å². The second-order valence-electron chi connectivity index (χ2n) is 1.85. The van der Waals surface area contributed by atoms with E-state index < -0.39 is 12.6 Å². The van der Waals surface area contributed by atoms with Gasteiger partial charge in [-0.15, -0.1) is 0 Å². The Labute approximate surface area is 91.9 Å². The topological polar surface area (TPSA) is 62.2 Å². The average Bonchev–Trinajstić information content (AvgIpc) is 2.03. The molecule has 0 unspecified atom stereocenters. The number of aliphatic carboxylic acids is 1. The Bertz CT molecular complexity index is 240. The number of nitrogens with zero attached hydrogens (tertiary/aromatic N) is 1. The van der Waals surface area contributed by atoms with Crippen molar-refractivity contribution < 1.29 is 44.2 Å². The summed E-state index contributed by atoms with van der Waals surface area (Å²) in [5.41, 5.74) is 0. The zero-order valence-electron chi connectivity index (χ0n) is 6.69. The van der Waals surface area contributed by atoms with Crippen molar-refractivity contribution in [2.75, 3.05) is 6.61 Å². The van der Waals surface area contributed by atoms with Gasteiger partial charge in [-0.05, 0) is 12.1 Å². The Morgan fingerprint density at radius 1 is 1.67 bits per heavy atom.